The van der Waals surface area contributed by atoms with Crippen molar-refractivity contribution in [1.82, 2.24) is 4.90 Å². The Hall–Kier alpha value is -0.900. The number of hydrogen-bond donors (Lipinski definition) is 2. The molecule has 0 bridgehead atoms. The Morgan fingerprint density at radius 3 is 2.69 bits per heavy atom. The lowest BCUT2D eigenvalue weighted by Gasteiger charge is -2.40. The van der Waals surface area contributed by atoms with Gasteiger partial charge >= 0.3 is 0 Å². The number of benzene rings is 1. The van der Waals surface area contributed by atoms with Crippen LogP contribution < -0.4 is 0 Å². The quantitative estimate of drug-likeness (QED) is 0.783. The molecular formula is C13H19NO2. The van der Waals surface area contributed by atoms with Crippen molar-refractivity contribution >= 4 is 0 Å². The fraction of sp³-hybridized carbons (Fsp3) is 0.538. The maximum Gasteiger partial charge on any atom is 0.100 e. The van der Waals surface area contributed by atoms with Gasteiger partial charge in [-0.05, 0) is 18.9 Å². The number of rotatable bonds is 2. The van der Waals surface area contributed by atoms with Gasteiger partial charge in [-0.1, -0.05) is 30.3 Å². The number of nitrogens with zero attached hydrogens (tertiary/aromatic N) is 1. The zero-order chi connectivity index (χ0) is 11.6. The summed E-state index contributed by atoms with van der Waals surface area (Å²) in [6.45, 7) is 3.91. The monoisotopic (exact) mass is 221 g/mol. The van der Waals surface area contributed by atoms with Gasteiger partial charge in [0.25, 0.3) is 0 Å². The summed E-state index contributed by atoms with van der Waals surface area (Å²) in [5, 5.41) is 19.6. The number of aliphatic hydroxyl groups excluding tert-OH is 1. The van der Waals surface area contributed by atoms with Gasteiger partial charge in [0.1, 0.15) is 5.60 Å². The summed E-state index contributed by atoms with van der Waals surface area (Å²) in [6, 6.07) is 10.2. The van der Waals surface area contributed by atoms with E-state index < -0.39 is 11.7 Å². The fourth-order valence-electron chi connectivity index (χ4n) is 2.23. The van der Waals surface area contributed by atoms with Crippen molar-refractivity contribution < 1.29 is 10.2 Å². The van der Waals surface area contributed by atoms with Crippen molar-refractivity contribution in [2.75, 3.05) is 13.1 Å². The average Bonchev–Trinajstić information content (AvgIpc) is 2.25. The lowest BCUT2D eigenvalue weighted by molar-refractivity contribution is -0.110. The Balaban J connectivity index is 1.97. The van der Waals surface area contributed by atoms with E-state index in [1.807, 2.05) is 18.2 Å². The summed E-state index contributed by atoms with van der Waals surface area (Å²) >= 11 is 0. The molecule has 0 radical (unpaired) electrons. The Morgan fingerprint density at radius 1 is 1.38 bits per heavy atom. The van der Waals surface area contributed by atoms with E-state index in [1.54, 1.807) is 6.92 Å². The van der Waals surface area contributed by atoms with Gasteiger partial charge in [0.05, 0.1) is 6.10 Å². The molecule has 1 aliphatic heterocycles. The van der Waals surface area contributed by atoms with Crippen LogP contribution in [0, 0.1) is 0 Å². The molecule has 0 amide bonds. The number of likely N-dealkylation sites (tertiary alicyclic amines) is 1. The molecule has 1 aromatic carbocycles. The molecule has 1 heterocycles. The maximum absolute atomic E-state index is 10.00. The average molecular weight is 221 g/mol. The van der Waals surface area contributed by atoms with Crippen LogP contribution in [0.1, 0.15) is 18.9 Å². The minimum Gasteiger partial charge on any atom is -0.390 e. The molecule has 0 unspecified atom stereocenters. The predicted octanol–water partition coefficient (Wildman–Crippen LogP) is 1.00. The molecule has 0 saturated carbocycles. The number of piperidine rings is 1. The van der Waals surface area contributed by atoms with Crippen molar-refractivity contribution in [2.24, 2.45) is 0 Å². The van der Waals surface area contributed by atoms with Gasteiger partial charge in [-0.15, -0.1) is 0 Å². The van der Waals surface area contributed by atoms with Gasteiger partial charge in [-0.2, -0.15) is 0 Å². The van der Waals surface area contributed by atoms with Crippen LogP contribution in [-0.2, 0) is 6.54 Å². The first-order chi connectivity index (χ1) is 7.58. The highest BCUT2D eigenvalue weighted by Gasteiger charge is 2.36. The molecule has 1 saturated heterocycles. The molecular weight excluding hydrogens is 202 g/mol. The topological polar surface area (TPSA) is 43.7 Å². The third kappa shape index (κ3) is 2.61. The van der Waals surface area contributed by atoms with Crippen LogP contribution in [-0.4, -0.2) is 39.9 Å². The molecule has 1 fully saturated rings. The zero-order valence-corrected chi connectivity index (χ0v) is 9.63. The summed E-state index contributed by atoms with van der Waals surface area (Å²) < 4.78 is 0. The molecule has 3 nitrogen and oxygen atoms in total. The smallest absolute Gasteiger partial charge is 0.100 e. The molecule has 3 heteroatoms. The molecule has 16 heavy (non-hydrogen) atoms. The highest BCUT2D eigenvalue weighted by molar-refractivity contribution is 5.14. The number of hydrogen-bond acceptors (Lipinski definition) is 3. The Labute approximate surface area is 96.3 Å². The lowest BCUT2D eigenvalue weighted by Crippen LogP contribution is -2.54. The normalized spacial score (nSPS) is 31.6. The molecule has 2 rings (SSSR count). The van der Waals surface area contributed by atoms with Crippen LogP contribution in [0.15, 0.2) is 30.3 Å². The second kappa shape index (κ2) is 4.53. The first-order valence-corrected chi connectivity index (χ1v) is 5.75. The molecule has 0 aromatic heterocycles. The van der Waals surface area contributed by atoms with Gasteiger partial charge in [-0.3, -0.25) is 4.90 Å². The second-order valence-corrected chi connectivity index (χ2v) is 4.86. The van der Waals surface area contributed by atoms with Crippen molar-refractivity contribution in [3.05, 3.63) is 35.9 Å². The van der Waals surface area contributed by atoms with Gasteiger partial charge in [-0.25, -0.2) is 0 Å². The zero-order valence-electron chi connectivity index (χ0n) is 9.63. The van der Waals surface area contributed by atoms with Crippen LogP contribution in [0.2, 0.25) is 0 Å². The lowest BCUT2D eigenvalue weighted by atomic mass is 9.91. The van der Waals surface area contributed by atoms with Crippen molar-refractivity contribution in [2.45, 2.75) is 31.6 Å². The Morgan fingerprint density at radius 2 is 2.06 bits per heavy atom. The van der Waals surface area contributed by atoms with E-state index in [1.165, 1.54) is 5.56 Å². The number of β-amino-alcohol motifs (C(OH)–C–C–N with tert-alkyl or cyclic N) is 1. The highest BCUT2D eigenvalue weighted by atomic mass is 16.3. The highest BCUT2D eigenvalue weighted by Crippen LogP contribution is 2.22. The molecule has 88 valence electrons. The molecule has 1 aliphatic rings. The first-order valence-electron chi connectivity index (χ1n) is 5.75. The van der Waals surface area contributed by atoms with Gasteiger partial charge < -0.3 is 10.2 Å². The molecule has 2 N–H and O–H groups in total. The van der Waals surface area contributed by atoms with Crippen molar-refractivity contribution in [3.63, 3.8) is 0 Å². The third-order valence-corrected chi connectivity index (χ3v) is 3.23. The molecule has 1 aromatic rings. The van der Waals surface area contributed by atoms with Crippen LogP contribution >= 0.6 is 0 Å². The SMILES string of the molecule is C[C@@]1(O)CN(Cc2ccccc2)CC[C@@H]1O. The summed E-state index contributed by atoms with van der Waals surface area (Å²) in [6.07, 6.45) is 0.0411. The van der Waals surface area contributed by atoms with Gasteiger partial charge in [0, 0.05) is 19.6 Å². The molecule has 2 atom stereocenters. The van der Waals surface area contributed by atoms with Crippen LogP contribution in [0.5, 0.6) is 0 Å². The minimum absolute atomic E-state index is 0.531. The van der Waals surface area contributed by atoms with Crippen LogP contribution in [0.4, 0.5) is 0 Å². The standard InChI is InChI=1S/C13H19NO2/c1-13(16)10-14(8-7-12(13)15)9-11-5-3-2-4-6-11/h2-6,12,15-16H,7-10H2,1H3/t12-,13+/m0/s1. The molecule has 0 aliphatic carbocycles. The fourth-order valence-corrected chi connectivity index (χ4v) is 2.23. The molecule has 0 spiro atoms. The largest absolute Gasteiger partial charge is 0.390 e. The van der Waals surface area contributed by atoms with E-state index in [9.17, 15) is 10.2 Å². The van der Waals surface area contributed by atoms with Crippen molar-refractivity contribution in [3.8, 4) is 0 Å². The Bertz CT molecular complexity index is 337. The summed E-state index contributed by atoms with van der Waals surface area (Å²) in [5.74, 6) is 0. The minimum atomic E-state index is -0.979. The van der Waals surface area contributed by atoms with Gasteiger partial charge in [0.2, 0.25) is 0 Å². The van der Waals surface area contributed by atoms with E-state index in [-0.39, 0.29) is 0 Å². The second-order valence-electron chi connectivity index (χ2n) is 4.86. The van der Waals surface area contributed by atoms with E-state index in [0.29, 0.717) is 13.0 Å². The van der Waals surface area contributed by atoms with E-state index >= 15 is 0 Å². The summed E-state index contributed by atoms with van der Waals surface area (Å²) in [5.41, 5.74) is 0.266. The van der Waals surface area contributed by atoms with E-state index in [2.05, 4.69) is 17.0 Å². The van der Waals surface area contributed by atoms with E-state index in [4.69, 9.17) is 0 Å². The third-order valence-electron chi connectivity index (χ3n) is 3.23. The van der Waals surface area contributed by atoms with Crippen molar-refractivity contribution in [1.29, 1.82) is 0 Å². The summed E-state index contributed by atoms with van der Waals surface area (Å²) in [4.78, 5) is 2.18. The number of aliphatic hydroxyl groups is 2. The van der Waals surface area contributed by atoms with E-state index in [0.717, 1.165) is 13.1 Å². The van der Waals surface area contributed by atoms with Crippen LogP contribution in [0.25, 0.3) is 0 Å². The predicted molar refractivity (Wildman–Crippen MR) is 63.0 cm³/mol. The summed E-state index contributed by atoms with van der Waals surface area (Å²) in [7, 11) is 0. The van der Waals surface area contributed by atoms with Gasteiger partial charge in [0.15, 0.2) is 0 Å². The van der Waals surface area contributed by atoms with Crippen LogP contribution in [0.3, 0.4) is 0 Å². The Kier molecular flexibility index (Phi) is 3.28. The first kappa shape index (κ1) is 11.6. The maximum atomic E-state index is 10.00.